The molecule has 3 aromatic carbocycles. The fraction of sp³-hybridized carbons (Fsp3) is 0.226. The minimum Gasteiger partial charge on any atom is -0.493 e. The zero-order valence-corrected chi connectivity index (χ0v) is 27.6. The Balaban J connectivity index is 1.35. The number of ether oxygens (including phenoxy) is 4. The number of hydrazone groups is 1. The number of hydrogen-bond donors (Lipinski definition) is 3. The molecule has 1 aliphatic heterocycles. The number of nitro benzene ring substituents is 1. The molecule has 0 aromatic heterocycles. The molecule has 0 saturated carbocycles. The maximum Gasteiger partial charge on any atom is 0.338 e. The van der Waals surface area contributed by atoms with E-state index in [4.69, 9.17) is 30.5 Å². The van der Waals surface area contributed by atoms with Crippen molar-refractivity contribution in [2.75, 3.05) is 20.3 Å². The van der Waals surface area contributed by atoms with Gasteiger partial charge in [-0.25, -0.2) is 15.0 Å². The van der Waals surface area contributed by atoms with Gasteiger partial charge in [-0.3, -0.25) is 14.9 Å². The van der Waals surface area contributed by atoms with Crippen molar-refractivity contribution >= 4 is 57.3 Å². The fourth-order valence-electron chi connectivity index (χ4n) is 4.47. The first-order chi connectivity index (χ1) is 22.5. The number of benzene rings is 3. The molecule has 0 fully saturated rings. The molecule has 0 unspecified atom stereocenters. The molecule has 1 atom stereocenters. The SMILES string of the molecule is CCOC(=O)C1=C(C)NC(=O)N[C@H]1c1ccc(OCC(=O)N/N=C\c2cc(Cl)c(OCc3cccc([N+](=O)[O-])c3)c(Br)c2)c(OC)c1. The number of non-ortho nitro benzene ring substituents is 1. The number of nitrogens with one attached hydrogen (secondary N) is 3. The predicted octanol–water partition coefficient (Wildman–Crippen LogP) is 5.32. The van der Waals surface area contributed by atoms with E-state index >= 15 is 0 Å². The highest BCUT2D eigenvalue weighted by Gasteiger charge is 2.32. The Labute approximate surface area is 282 Å². The average molecular weight is 731 g/mol. The third-order valence-corrected chi connectivity index (χ3v) is 7.44. The Morgan fingerprint density at radius 1 is 1.15 bits per heavy atom. The minimum absolute atomic E-state index is 0.0464. The van der Waals surface area contributed by atoms with Crippen molar-refractivity contribution in [1.29, 1.82) is 0 Å². The van der Waals surface area contributed by atoms with Crippen molar-refractivity contribution in [3.63, 3.8) is 0 Å². The van der Waals surface area contributed by atoms with E-state index in [1.165, 1.54) is 25.5 Å². The fourth-order valence-corrected chi connectivity index (χ4v) is 5.46. The van der Waals surface area contributed by atoms with Crippen LogP contribution in [0.15, 0.2) is 75.4 Å². The van der Waals surface area contributed by atoms with E-state index in [9.17, 15) is 24.5 Å². The lowest BCUT2D eigenvalue weighted by Crippen LogP contribution is -2.45. The summed E-state index contributed by atoms with van der Waals surface area (Å²) in [7, 11) is 1.41. The predicted molar refractivity (Wildman–Crippen MR) is 175 cm³/mol. The van der Waals surface area contributed by atoms with Crippen LogP contribution in [0.2, 0.25) is 5.02 Å². The van der Waals surface area contributed by atoms with E-state index < -0.39 is 35.5 Å². The lowest BCUT2D eigenvalue weighted by Gasteiger charge is -2.28. The highest BCUT2D eigenvalue weighted by Crippen LogP contribution is 2.36. The van der Waals surface area contributed by atoms with Crippen LogP contribution < -0.4 is 30.3 Å². The summed E-state index contributed by atoms with van der Waals surface area (Å²) in [6.45, 7) is 3.11. The second-order valence-corrected chi connectivity index (χ2v) is 11.1. The highest BCUT2D eigenvalue weighted by atomic mass is 79.9. The molecule has 14 nitrogen and oxygen atoms in total. The number of halogens is 2. The molecule has 3 aromatic rings. The normalized spacial score (nSPS) is 14.2. The van der Waals surface area contributed by atoms with Crippen LogP contribution in [0.1, 0.15) is 36.6 Å². The number of amides is 3. The van der Waals surface area contributed by atoms with Gasteiger partial charge in [-0.2, -0.15) is 5.10 Å². The number of nitrogens with zero attached hydrogens (tertiary/aromatic N) is 2. The zero-order chi connectivity index (χ0) is 34.1. The Hall–Kier alpha value is -5.15. The van der Waals surface area contributed by atoms with Gasteiger partial charge in [-0.05, 0) is 70.7 Å². The van der Waals surface area contributed by atoms with E-state index in [2.05, 4.69) is 37.1 Å². The summed E-state index contributed by atoms with van der Waals surface area (Å²) in [5.41, 5.74) is 4.60. The van der Waals surface area contributed by atoms with E-state index in [0.29, 0.717) is 32.6 Å². The van der Waals surface area contributed by atoms with Crippen molar-refractivity contribution in [3.05, 3.63) is 102 Å². The molecule has 0 radical (unpaired) electrons. The zero-order valence-electron chi connectivity index (χ0n) is 25.3. The molecule has 246 valence electrons. The van der Waals surface area contributed by atoms with Gasteiger partial charge >= 0.3 is 12.0 Å². The quantitative estimate of drug-likeness (QED) is 0.0909. The van der Waals surface area contributed by atoms with Gasteiger partial charge in [0.2, 0.25) is 0 Å². The number of hydrogen-bond acceptors (Lipinski definition) is 10. The summed E-state index contributed by atoms with van der Waals surface area (Å²) < 4.78 is 22.5. The smallest absolute Gasteiger partial charge is 0.338 e. The number of methoxy groups -OCH3 is 1. The number of carbonyl (C=O) groups is 3. The summed E-state index contributed by atoms with van der Waals surface area (Å²) in [6, 6.07) is 12.8. The molecule has 16 heteroatoms. The summed E-state index contributed by atoms with van der Waals surface area (Å²) in [5, 5.41) is 20.5. The van der Waals surface area contributed by atoms with Gasteiger partial charge in [0.15, 0.2) is 23.9 Å². The van der Waals surface area contributed by atoms with Gasteiger partial charge in [0.25, 0.3) is 11.6 Å². The Morgan fingerprint density at radius 3 is 2.64 bits per heavy atom. The van der Waals surface area contributed by atoms with Crippen molar-refractivity contribution in [1.82, 2.24) is 16.1 Å². The van der Waals surface area contributed by atoms with Gasteiger partial charge in [0.1, 0.15) is 6.61 Å². The molecular weight excluding hydrogens is 702 g/mol. The molecular formula is C31H29BrClN5O9. The molecule has 47 heavy (non-hydrogen) atoms. The first kappa shape index (κ1) is 34.7. The first-order valence-electron chi connectivity index (χ1n) is 13.9. The molecule has 0 saturated heterocycles. The molecule has 3 amide bonds. The Kier molecular flexibility index (Phi) is 11.8. The Morgan fingerprint density at radius 2 is 1.94 bits per heavy atom. The van der Waals surface area contributed by atoms with E-state index in [-0.39, 0.29) is 41.0 Å². The lowest BCUT2D eigenvalue weighted by atomic mass is 9.95. The number of allylic oxidation sites excluding steroid dienone is 1. The van der Waals surface area contributed by atoms with Crippen LogP contribution in [-0.2, 0) is 20.9 Å². The molecule has 1 heterocycles. The number of carbonyl (C=O) groups excluding carboxylic acids is 3. The van der Waals surface area contributed by atoms with E-state index in [0.717, 1.165) is 0 Å². The lowest BCUT2D eigenvalue weighted by molar-refractivity contribution is -0.384. The Bertz CT molecular complexity index is 1740. The maximum atomic E-state index is 12.6. The minimum atomic E-state index is -0.801. The van der Waals surface area contributed by atoms with Crippen LogP contribution in [-0.4, -0.2) is 49.4 Å². The largest absolute Gasteiger partial charge is 0.493 e. The summed E-state index contributed by atoms with van der Waals surface area (Å²) >= 11 is 9.79. The third kappa shape index (κ3) is 8.98. The van der Waals surface area contributed by atoms with Gasteiger partial charge in [0.05, 0.1) is 46.0 Å². The van der Waals surface area contributed by atoms with Crippen LogP contribution in [0.4, 0.5) is 10.5 Å². The molecule has 4 rings (SSSR count). The van der Waals surface area contributed by atoms with Crippen LogP contribution in [0.5, 0.6) is 17.2 Å². The van der Waals surface area contributed by atoms with Gasteiger partial charge in [-0.15, -0.1) is 0 Å². The van der Waals surface area contributed by atoms with Crippen LogP contribution in [0, 0.1) is 10.1 Å². The number of rotatable bonds is 13. The second-order valence-electron chi connectivity index (χ2n) is 9.81. The molecule has 3 N–H and O–H groups in total. The molecule has 1 aliphatic rings. The molecule has 0 bridgehead atoms. The van der Waals surface area contributed by atoms with Gasteiger partial charge < -0.3 is 29.6 Å². The molecule has 0 aliphatic carbocycles. The van der Waals surface area contributed by atoms with Gasteiger partial charge in [0, 0.05) is 17.8 Å². The third-order valence-electron chi connectivity index (χ3n) is 6.57. The van der Waals surface area contributed by atoms with Crippen molar-refractivity contribution < 1.29 is 38.3 Å². The summed E-state index contributed by atoms with van der Waals surface area (Å²) in [4.78, 5) is 47.7. The number of nitro groups is 1. The summed E-state index contributed by atoms with van der Waals surface area (Å²) in [5.74, 6) is -0.303. The van der Waals surface area contributed by atoms with Crippen molar-refractivity contribution in [2.24, 2.45) is 5.10 Å². The van der Waals surface area contributed by atoms with Crippen LogP contribution >= 0.6 is 27.5 Å². The number of urea groups is 1. The van der Waals surface area contributed by atoms with Crippen molar-refractivity contribution in [3.8, 4) is 17.2 Å². The first-order valence-corrected chi connectivity index (χ1v) is 15.1. The maximum absolute atomic E-state index is 12.6. The molecule has 0 spiro atoms. The van der Waals surface area contributed by atoms with Crippen molar-refractivity contribution in [2.45, 2.75) is 26.5 Å². The average Bonchev–Trinajstić information content (AvgIpc) is 3.03. The van der Waals surface area contributed by atoms with Gasteiger partial charge in [-0.1, -0.05) is 29.8 Å². The summed E-state index contributed by atoms with van der Waals surface area (Å²) in [6.07, 6.45) is 1.37. The van der Waals surface area contributed by atoms with E-state index in [1.807, 2.05) is 0 Å². The topological polar surface area (TPSA) is 180 Å². The standard InChI is InChI=1S/C31H29BrClN5O9/c1-4-45-30(40)27-17(2)35-31(41)36-28(27)20-8-9-24(25(13-20)44-3)46-16-26(39)37-34-14-19-11-22(32)29(23(33)12-19)47-15-18-6-5-7-21(10-18)38(42)43/h5-14,28H,4,15-16H2,1-3H3,(H,37,39)(H2,35,36,41)/b34-14-/t28-/m0/s1. The second kappa shape index (κ2) is 15.9. The number of esters is 1. The van der Waals surface area contributed by atoms with Crippen LogP contribution in [0.25, 0.3) is 0 Å². The monoisotopic (exact) mass is 729 g/mol. The van der Waals surface area contributed by atoms with Crippen LogP contribution in [0.3, 0.4) is 0 Å². The van der Waals surface area contributed by atoms with E-state index in [1.54, 1.807) is 56.3 Å². The highest BCUT2D eigenvalue weighted by molar-refractivity contribution is 9.10.